The van der Waals surface area contributed by atoms with Crippen LogP contribution in [0, 0.1) is 5.41 Å². The molecule has 2 fully saturated rings. The highest BCUT2D eigenvalue weighted by atomic mass is 35.5. The van der Waals surface area contributed by atoms with Crippen LogP contribution in [-0.2, 0) is 19.4 Å². The number of rotatable bonds is 4. The lowest BCUT2D eigenvalue weighted by atomic mass is 9.77. The number of sulfone groups is 1. The number of benzene rings is 2. The van der Waals surface area contributed by atoms with Gasteiger partial charge in [0.2, 0.25) is 5.91 Å². The van der Waals surface area contributed by atoms with E-state index in [1.54, 1.807) is 46.2 Å². The second-order valence-electron chi connectivity index (χ2n) is 10.3. The van der Waals surface area contributed by atoms with Gasteiger partial charge in [-0.3, -0.25) is 4.79 Å². The van der Waals surface area contributed by atoms with E-state index in [1.807, 2.05) is 20.8 Å². The standard InChI is InChI=1S/C25H31ClN2O5S/c1-24(2,3)33-23(30)28-12-9-25(10-13-28)8-11-27(22(25)29)14-15-34(31,32)21-7-5-18-16-20(26)6-4-19(18)17-21/h4-7,16-17H,8-15H2,1-3H3. The van der Waals surface area contributed by atoms with Crippen molar-refractivity contribution < 1.29 is 22.7 Å². The topological polar surface area (TPSA) is 84.0 Å². The monoisotopic (exact) mass is 506 g/mol. The van der Waals surface area contributed by atoms with E-state index >= 15 is 0 Å². The van der Waals surface area contributed by atoms with Gasteiger partial charge >= 0.3 is 6.09 Å². The zero-order valence-corrected chi connectivity index (χ0v) is 21.4. The van der Waals surface area contributed by atoms with Gasteiger partial charge in [0.15, 0.2) is 9.84 Å². The number of carbonyl (C=O) groups excluding carboxylic acids is 2. The van der Waals surface area contributed by atoms with Crippen LogP contribution < -0.4 is 0 Å². The van der Waals surface area contributed by atoms with Crippen LogP contribution in [0.25, 0.3) is 10.8 Å². The van der Waals surface area contributed by atoms with Gasteiger partial charge in [-0.2, -0.15) is 0 Å². The molecule has 9 heteroatoms. The van der Waals surface area contributed by atoms with Crippen LogP contribution in [0.5, 0.6) is 0 Å². The van der Waals surface area contributed by atoms with Gasteiger partial charge in [-0.1, -0.05) is 23.7 Å². The maximum absolute atomic E-state index is 13.2. The Labute approximate surface area is 205 Å². The number of likely N-dealkylation sites (tertiary alicyclic amines) is 2. The van der Waals surface area contributed by atoms with Crippen LogP contribution in [0.15, 0.2) is 41.3 Å². The fraction of sp³-hybridized carbons (Fsp3) is 0.520. The van der Waals surface area contributed by atoms with Gasteiger partial charge in [0, 0.05) is 31.2 Å². The first kappa shape index (κ1) is 24.8. The highest BCUT2D eigenvalue weighted by molar-refractivity contribution is 7.91. The number of hydrogen-bond donors (Lipinski definition) is 0. The fourth-order valence-electron chi connectivity index (χ4n) is 4.75. The van der Waals surface area contributed by atoms with Gasteiger partial charge < -0.3 is 14.5 Å². The van der Waals surface area contributed by atoms with E-state index in [2.05, 4.69) is 0 Å². The highest BCUT2D eigenvalue weighted by Crippen LogP contribution is 2.41. The molecule has 4 rings (SSSR count). The third-order valence-electron chi connectivity index (χ3n) is 6.74. The Balaban J connectivity index is 1.36. The Bertz CT molecular complexity index is 1210. The zero-order chi connectivity index (χ0) is 24.7. The van der Waals surface area contributed by atoms with Gasteiger partial charge in [0.05, 0.1) is 16.1 Å². The number of ether oxygens (including phenoxy) is 1. The van der Waals surface area contributed by atoms with Gasteiger partial charge in [-0.15, -0.1) is 0 Å². The predicted molar refractivity (Wildman–Crippen MR) is 132 cm³/mol. The van der Waals surface area contributed by atoms with Crippen LogP contribution in [-0.4, -0.2) is 67.8 Å². The summed E-state index contributed by atoms with van der Waals surface area (Å²) >= 11 is 6.01. The first-order chi connectivity index (χ1) is 15.9. The zero-order valence-electron chi connectivity index (χ0n) is 19.8. The summed E-state index contributed by atoms with van der Waals surface area (Å²) in [6.07, 6.45) is 1.47. The summed E-state index contributed by atoms with van der Waals surface area (Å²) in [5, 5.41) is 2.28. The Hall–Kier alpha value is -2.32. The third-order valence-corrected chi connectivity index (χ3v) is 8.66. The van der Waals surface area contributed by atoms with Gasteiger partial charge in [-0.25, -0.2) is 13.2 Å². The second-order valence-corrected chi connectivity index (χ2v) is 12.8. The smallest absolute Gasteiger partial charge is 0.410 e. The molecule has 0 atom stereocenters. The minimum absolute atomic E-state index is 0.000285. The maximum Gasteiger partial charge on any atom is 0.410 e. The number of amides is 2. The molecule has 2 aliphatic rings. The Morgan fingerprint density at radius 3 is 2.32 bits per heavy atom. The van der Waals surface area contributed by atoms with Crippen molar-refractivity contribution in [1.82, 2.24) is 9.80 Å². The highest BCUT2D eigenvalue weighted by Gasteiger charge is 2.49. The van der Waals surface area contributed by atoms with Gasteiger partial charge in [0.25, 0.3) is 0 Å². The van der Waals surface area contributed by atoms with E-state index in [0.29, 0.717) is 43.9 Å². The first-order valence-electron chi connectivity index (χ1n) is 11.6. The molecule has 0 unspecified atom stereocenters. The molecule has 0 bridgehead atoms. The molecule has 2 aliphatic heterocycles. The average Bonchev–Trinajstić information content (AvgIpc) is 3.06. The van der Waals surface area contributed by atoms with E-state index in [9.17, 15) is 18.0 Å². The molecule has 2 aromatic carbocycles. The van der Waals surface area contributed by atoms with E-state index in [0.717, 1.165) is 10.8 Å². The molecule has 0 N–H and O–H groups in total. The number of hydrogen-bond acceptors (Lipinski definition) is 5. The molecule has 0 radical (unpaired) electrons. The minimum atomic E-state index is -3.55. The number of piperidine rings is 1. The Morgan fingerprint density at radius 2 is 1.65 bits per heavy atom. The van der Waals surface area contributed by atoms with Crippen LogP contribution in [0.3, 0.4) is 0 Å². The molecule has 34 heavy (non-hydrogen) atoms. The number of nitrogens with zero attached hydrogens (tertiary/aromatic N) is 2. The van der Waals surface area contributed by atoms with E-state index in [1.165, 1.54) is 0 Å². The summed E-state index contributed by atoms with van der Waals surface area (Å²) in [5.41, 5.74) is -1.07. The molecular formula is C25H31ClN2O5S. The molecular weight excluding hydrogens is 476 g/mol. The molecule has 7 nitrogen and oxygen atoms in total. The number of halogens is 1. The lowest BCUT2D eigenvalue weighted by Gasteiger charge is -2.38. The lowest BCUT2D eigenvalue weighted by molar-refractivity contribution is -0.138. The maximum atomic E-state index is 13.2. The number of fused-ring (bicyclic) bond motifs is 1. The molecule has 2 amide bonds. The molecule has 2 heterocycles. The predicted octanol–water partition coefficient (Wildman–Crippen LogP) is 4.52. The van der Waals surface area contributed by atoms with E-state index in [4.69, 9.17) is 16.3 Å². The van der Waals surface area contributed by atoms with Gasteiger partial charge in [-0.05, 0) is 75.1 Å². The van der Waals surface area contributed by atoms with Crippen molar-refractivity contribution in [3.8, 4) is 0 Å². The average molecular weight is 507 g/mol. The second kappa shape index (κ2) is 9.04. The third kappa shape index (κ3) is 5.18. The van der Waals surface area contributed by atoms with E-state index < -0.39 is 20.9 Å². The van der Waals surface area contributed by atoms with Crippen molar-refractivity contribution in [2.45, 2.75) is 50.5 Å². The van der Waals surface area contributed by atoms with Crippen LogP contribution in [0.1, 0.15) is 40.0 Å². The van der Waals surface area contributed by atoms with Crippen molar-refractivity contribution >= 4 is 44.2 Å². The molecule has 184 valence electrons. The van der Waals surface area contributed by atoms with Crippen LogP contribution in [0.4, 0.5) is 4.79 Å². The molecule has 0 saturated carbocycles. The lowest BCUT2D eigenvalue weighted by Crippen LogP contribution is -2.48. The minimum Gasteiger partial charge on any atom is -0.444 e. The first-order valence-corrected chi connectivity index (χ1v) is 13.6. The van der Waals surface area contributed by atoms with E-state index in [-0.39, 0.29) is 29.2 Å². The fourth-order valence-corrected chi connectivity index (χ4v) is 6.21. The number of carbonyl (C=O) groups is 2. The molecule has 2 aromatic rings. The summed E-state index contributed by atoms with van der Waals surface area (Å²) in [6, 6.07) is 10.3. The Kier molecular flexibility index (Phi) is 6.59. The SMILES string of the molecule is CC(C)(C)OC(=O)N1CCC2(CC1)CCN(CCS(=O)(=O)c1ccc3cc(Cl)ccc3c1)C2=O. The molecule has 2 saturated heterocycles. The quantitative estimate of drug-likeness (QED) is 0.609. The Morgan fingerprint density at radius 1 is 1.03 bits per heavy atom. The van der Waals surface area contributed by atoms with Crippen molar-refractivity contribution in [1.29, 1.82) is 0 Å². The summed E-state index contributed by atoms with van der Waals surface area (Å²) < 4.78 is 31.4. The van der Waals surface area contributed by atoms with Crippen molar-refractivity contribution in [2.75, 3.05) is 31.9 Å². The van der Waals surface area contributed by atoms with Crippen molar-refractivity contribution in [2.24, 2.45) is 5.41 Å². The van der Waals surface area contributed by atoms with Crippen LogP contribution in [0.2, 0.25) is 5.02 Å². The normalized spacial score (nSPS) is 18.6. The molecule has 1 spiro atoms. The van der Waals surface area contributed by atoms with Gasteiger partial charge in [0.1, 0.15) is 5.60 Å². The summed E-state index contributed by atoms with van der Waals surface area (Å²) in [6.45, 7) is 7.12. The van der Waals surface area contributed by atoms with Crippen molar-refractivity contribution in [3.63, 3.8) is 0 Å². The van der Waals surface area contributed by atoms with Crippen molar-refractivity contribution in [3.05, 3.63) is 41.4 Å². The summed E-state index contributed by atoms with van der Waals surface area (Å²) in [7, 11) is -3.55. The molecule has 0 aliphatic carbocycles. The summed E-state index contributed by atoms with van der Waals surface area (Å²) in [4.78, 5) is 29.1. The summed E-state index contributed by atoms with van der Waals surface area (Å²) in [5.74, 6) is -0.127. The molecule has 0 aromatic heterocycles. The largest absolute Gasteiger partial charge is 0.444 e. The van der Waals surface area contributed by atoms with Crippen LogP contribution >= 0.6 is 11.6 Å².